The molecule has 0 atom stereocenters. The van der Waals surface area contributed by atoms with Crippen LogP contribution in [0.1, 0.15) is 83.4 Å². The average Bonchev–Trinajstić information content (AvgIpc) is 2.86. The first kappa shape index (κ1) is 19.7. The van der Waals surface area contributed by atoms with Crippen LogP contribution in [0.2, 0.25) is 0 Å². The van der Waals surface area contributed by atoms with E-state index in [2.05, 4.69) is 35.5 Å². The molecule has 132 valence electrons. The molecule has 4 nitrogen and oxygen atoms in total. The third-order valence-electron chi connectivity index (χ3n) is 4.49. The standard InChI is InChI=1S/C19H34N2O2/c1-3-4-5-6-7-8-9-10-11-13-18-20(2)16-17-21(18)15-12-14-19(22)23/h16-17H,3-15H2,1-2H3. The van der Waals surface area contributed by atoms with Crippen molar-refractivity contribution in [2.24, 2.45) is 7.05 Å². The summed E-state index contributed by atoms with van der Waals surface area (Å²) in [4.78, 5) is 10.5. The van der Waals surface area contributed by atoms with Gasteiger partial charge in [-0.05, 0) is 19.3 Å². The van der Waals surface area contributed by atoms with Gasteiger partial charge in [-0.2, -0.15) is 0 Å². The number of nitrogens with zero attached hydrogens (tertiary/aromatic N) is 2. The fourth-order valence-electron chi connectivity index (χ4n) is 3.07. The normalized spacial score (nSPS) is 11.0. The summed E-state index contributed by atoms with van der Waals surface area (Å²) in [5, 5.41) is 10.5. The number of carboxylic acid groups (broad SMARTS) is 1. The van der Waals surface area contributed by atoms with Crippen molar-refractivity contribution in [3.05, 3.63) is 18.2 Å². The minimum absolute atomic E-state index is 0.138. The lowest BCUT2D eigenvalue weighted by molar-refractivity contribution is -0.678. The molecule has 0 bridgehead atoms. The molecule has 1 aromatic heterocycles. The van der Waals surface area contributed by atoms with E-state index in [0.717, 1.165) is 13.0 Å². The highest BCUT2D eigenvalue weighted by Crippen LogP contribution is 2.11. The summed E-state index contributed by atoms with van der Waals surface area (Å²) in [5.41, 5.74) is 0. The van der Waals surface area contributed by atoms with Crippen LogP contribution in [0.4, 0.5) is 0 Å². The molecule has 4 heteroatoms. The Balaban J connectivity index is 2.16. The van der Waals surface area contributed by atoms with Gasteiger partial charge in [0.15, 0.2) is 0 Å². The summed E-state index contributed by atoms with van der Waals surface area (Å²) in [6.07, 6.45) is 18.0. The number of carbonyl (C=O) groups is 1. The Kier molecular flexibility index (Phi) is 10.4. The summed E-state index contributed by atoms with van der Waals surface area (Å²) in [5.74, 6) is 0.341. The maximum absolute atomic E-state index is 10.5. The SMILES string of the molecule is CCCCCCCCCCCc1n(CCCC(=O)[O-])cc[n+]1C. The van der Waals surface area contributed by atoms with Crippen LogP contribution in [0.3, 0.4) is 0 Å². The van der Waals surface area contributed by atoms with Gasteiger partial charge in [-0.3, -0.25) is 0 Å². The van der Waals surface area contributed by atoms with E-state index in [9.17, 15) is 9.90 Å². The fourth-order valence-corrected chi connectivity index (χ4v) is 3.07. The Morgan fingerprint density at radius 2 is 1.65 bits per heavy atom. The minimum atomic E-state index is -0.956. The van der Waals surface area contributed by atoms with Crippen molar-refractivity contribution >= 4 is 5.97 Å². The van der Waals surface area contributed by atoms with Gasteiger partial charge in [-0.25, -0.2) is 9.13 Å². The van der Waals surface area contributed by atoms with Crippen LogP contribution in [0.5, 0.6) is 0 Å². The van der Waals surface area contributed by atoms with E-state index < -0.39 is 5.97 Å². The van der Waals surface area contributed by atoms with Gasteiger partial charge in [0.1, 0.15) is 12.4 Å². The number of hydrogen-bond acceptors (Lipinski definition) is 2. The van der Waals surface area contributed by atoms with Crippen LogP contribution in [0, 0.1) is 0 Å². The summed E-state index contributed by atoms with van der Waals surface area (Å²) in [7, 11) is 2.07. The highest BCUT2D eigenvalue weighted by atomic mass is 16.4. The number of rotatable bonds is 14. The molecule has 1 heterocycles. The quantitative estimate of drug-likeness (QED) is 0.390. The van der Waals surface area contributed by atoms with Gasteiger partial charge in [0.25, 0.3) is 5.82 Å². The highest BCUT2D eigenvalue weighted by Gasteiger charge is 2.13. The van der Waals surface area contributed by atoms with Crippen molar-refractivity contribution in [3.63, 3.8) is 0 Å². The third-order valence-corrected chi connectivity index (χ3v) is 4.49. The first-order valence-electron chi connectivity index (χ1n) is 9.38. The largest absolute Gasteiger partial charge is 0.550 e. The summed E-state index contributed by atoms with van der Waals surface area (Å²) < 4.78 is 4.34. The zero-order valence-corrected chi connectivity index (χ0v) is 15.1. The second-order valence-corrected chi connectivity index (χ2v) is 6.57. The summed E-state index contributed by atoms with van der Waals surface area (Å²) in [6, 6.07) is 0. The number of hydrogen-bond donors (Lipinski definition) is 0. The Morgan fingerprint density at radius 3 is 2.26 bits per heavy atom. The molecule has 0 N–H and O–H groups in total. The molecule has 1 rings (SSSR count). The van der Waals surface area contributed by atoms with Crippen LogP contribution in [-0.4, -0.2) is 10.5 Å². The molecule has 0 fully saturated rings. The van der Waals surface area contributed by atoms with Gasteiger partial charge in [-0.1, -0.05) is 58.3 Å². The molecule has 0 saturated carbocycles. The van der Waals surface area contributed by atoms with Crippen molar-refractivity contribution < 1.29 is 14.5 Å². The first-order valence-corrected chi connectivity index (χ1v) is 9.38. The topological polar surface area (TPSA) is 48.9 Å². The number of carboxylic acids is 1. The molecule has 0 radical (unpaired) electrons. The summed E-state index contributed by atoms with van der Waals surface area (Å²) >= 11 is 0. The van der Waals surface area contributed by atoms with E-state index in [1.165, 1.54) is 63.6 Å². The van der Waals surface area contributed by atoms with E-state index in [-0.39, 0.29) is 6.42 Å². The third kappa shape index (κ3) is 8.77. The number of aliphatic carboxylic acids is 1. The van der Waals surface area contributed by atoms with Crippen LogP contribution < -0.4 is 9.67 Å². The Morgan fingerprint density at radius 1 is 1.04 bits per heavy atom. The van der Waals surface area contributed by atoms with E-state index in [0.29, 0.717) is 6.42 Å². The second kappa shape index (κ2) is 12.1. The molecule has 0 unspecified atom stereocenters. The van der Waals surface area contributed by atoms with Gasteiger partial charge in [-0.15, -0.1) is 0 Å². The maximum Gasteiger partial charge on any atom is 0.256 e. The van der Waals surface area contributed by atoms with Crippen molar-refractivity contribution in [2.75, 3.05) is 0 Å². The smallest absolute Gasteiger partial charge is 0.256 e. The Bertz CT molecular complexity index is 441. The number of aryl methyl sites for hydroxylation is 2. The minimum Gasteiger partial charge on any atom is -0.550 e. The predicted molar refractivity (Wildman–Crippen MR) is 90.8 cm³/mol. The number of carbonyl (C=O) groups excluding carboxylic acids is 1. The van der Waals surface area contributed by atoms with Crippen molar-refractivity contribution in [3.8, 4) is 0 Å². The molecule has 23 heavy (non-hydrogen) atoms. The molecule has 0 aliphatic heterocycles. The highest BCUT2D eigenvalue weighted by molar-refractivity contribution is 5.64. The molecule has 0 aliphatic carbocycles. The van der Waals surface area contributed by atoms with E-state index in [4.69, 9.17) is 0 Å². The molecule has 1 aromatic rings. The molecular weight excluding hydrogens is 288 g/mol. The fraction of sp³-hybridized carbons (Fsp3) is 0.789. The summed E-state index contributed by atoms with van der Waals surface area (Å²) in [6.45, 7) is 3.02. The van der Waals surface area contributed by atoms with Gasteiger partial charge >= 0.3 is 0 Å². The lowest BCUT2D eigenvalue weighted by Gasteiger charge is -2.05. The first-order chi connectivity index (χ1) is 11.1. The van der Waals surface area contributed by atoms with Crippen LogP contribution in [0.25, 0.3) is 0 Å². The van der Waals surface area contributed by atoms with Gasteiger partial charge < -0.3 is 9.90 Å². The lowest BCUT2D eigenvalue weighted by atomic mass is 10.1. The van der Waals surface area contributed by atoms with Crippen molar-refractivity contribution in [2.45, 2.75) is 90.5 Å². The van der Waals surface area contributed by atoms with Crippen molar-refractivity contribution in [1.82, 2.24) is 4.57 Å². The maximum atomic E-state index is 10.5. The van der Waals surface area contributed by atoms with Crippen LogP contribution >= 0.6 is 0 Å². The number of unbranched alkanes of at least 4 members (excludes halogenated alkanes) is 8. The zero-order valence-electron chi connectivity index (χ0n) is 15.1. The Labute approximate surface area is 141 Å². The number of aromatic nitrogens is 2. The van der Waals surface area contributed by atoms with Crippen molar-refractivity contribution in [1.29, 1.82) is 0 Å². The monoisotopic (exact) mass is 322 g/mol. The van der Waals surface area contributed by atoms with E-state index >= 15 is 0 Å². The predicted octanol–water partition coefficient (Wildman–Crippen LogP) is 2.92. The van der Waals surface area contributed by atoms with Crippen LogP contribution in [-0.2, 0) is 24.8 Å². The van der Waals surface area contributed by atoms with Gasteiger partial charge in [0, 0.05) is 12.4 Å². The molecular formula is C19H34N2O2. The molecule has 0 saturated heterocycles. The molecule has 0 spiro atoms. The lowest BCUT2D eigenvalue weighted by Crippen LogP contribution is -2.32. The van der Waals surface area contributed by atoms with Gasteiger partial charge in [0.2, 0.25) is 0 Å². The average molecular weight is 322 g/mol. The van der Waals surface area contributed by atoms with Gasteiger partial charge in [0.05, 0.1) is 13.6 Å². The second-order valence-electron chi connectivity index (χ2n) is 6.57. The zero-order chi connectivity index (χ0) is 16.9. The van der Waals surface area contributed by atoms with Crippen LogP contribution in [0.15, 0.2) is 12.4 Å². The van der Waals surface area contributed by atoms with E-state index in [1.54, 1.807) is 0 Å². The Hall–Kier alpha value is -1.32. The molecule has 0 aliphatic rings. The van der Waals surface area contributed by atoms with E-state index in [1.807, 2.05) is 0 Å². The number of imidazole rings is 1. The molecule has 0 aromatic carbocycles. The molecule has 0 amide bonds.